The van der Waals surface area contributed by atoms with Gasteiger partial charge in [0.25, 0.3) is 5.91 Å². The van der Waals surface area contributed by atoms with E-state index in [0.717, 1.165) is 0 Å². The molecule has 20 heavy (non-hydrogen) atoms. The van der Waals surface area contributed by atoms with Crippen LogP contribution in [-0.2, 0) is 0 Å². The number of hydrazine groups is 1. The van der Waals surface area contributed by atoms with Gasteiger partial charge in [0, 0.05) is 15.7 Å². The zero-order valence-corrected chi connectivity index (χ0v) is 13.1. The van der Waals surface area contributed by atoms with Crippen molar-refractivity contribution in [3.05, 3.63) is 50.5 Å². The topological polar surface area (TPSA) is 80.0 Å². The molecule has 0 aliphatic carbocycles. The second-order valence-electron chi connectivity index (χ2n) is 3.79. The number of amides is 1. The Balaban J connectivity index is 2.23. The first-order valence-electron chi connectivity index (χ1n) is 5.40. The quantitative estimate of drug-likeness (QED) is 0.434. The number of carbonyl (C=O) groups excluding carboxylic acids is 1. The normalized spacial score (nSPS) is 10.2. The third-order valence-corrected chi connectivity index (χ3v) is 3.79. The number of hydrogen-bond donors (Lipinski definition) is 3. The molecule has 0 radical (unpaired) electrons. The highest BCUT2D eigenvalue weighted by molar-refractivity contribution is 9.10. The summed E-state index contributed by atoms with van der Waals surface area (Å²) in [4.78, 5) is 16.0. The van der Waals surface area contributed by atoms with Crippen LogP contribution in [-0.4, -0.2) is 10.9 Å². The molecule has 0 saturated carbocycles. The minimum atomic E-state index is -0.333. The van der Waals surface area contributed by atoms with Gasteiger partial charge in [0.15, 0.2) is 0 Å². The highest BCUT2D eigenvalue weighted by Gasteiger charge is 2.10. The number of benzene rings is 1. The zero-order chi connectivity index (χ0) is 14.7. The monoisotopic (exact) mass is 374 g/mol. The highest BCUT2D eigenvalue weighted by atomic mass is 79.9. The number of hydrogen-bond acceptors (Lipinski definition) is 4. The summed E-state index contributed by atoms with van der Waals surface area (Å²) in [5.41, 5.74) is 3.28. The number of nitrogens with one attached hydrogen (secondary N) is 2. The van der Waals surface area contributed by atoms with Crippen molar-refractivity contribution in [3.8, 4) is 0 Å². The molecule has 1 aromatic carbocycles. The molecule has 1 amide bonds. The summed E-state index contributed by atoms with van der Waals surface area (Å²) in [7, 11) is 0. The first-order chi connectivity index (χ1) is 9.49. The van der Waals surface area contributed by atoms with Gasteiger partial charge in [-0.25, -0.2) is 10.8 Å². The van der Waals surface area contributed by atoms with Crippen molar-refractivity contribution in [2.45, 2.75) is 0 Å². The summed E-state index contributed by atoms with van der Waals surface area (Å²) < 4.78 is 0.689. The van der Waals surface area contributed by atoms with Crippen LogP contribution in [0.2, 0.25) is 10.2 Å². The van der Waals surface area contributed by atoms with Crippen LogP contribution in [0.25, 0.3) is 0 Å². The SMILES string of the molecule is NNc1cc(C(=O)Nc2ccc(Cl)c(Br)c2)cc(Cl)n1. The Hall–Kier alpha value is -1.34. The van der Waals surface area contributed by atoms with E-state index in [9.17, 15) is 4.79 Å². The first kappa shape index (κ1) is 15.1. The van der Waals surface area contributed by atoms with Crippen molar-refractivity contribution in [2.24, 2.45) is 5.84 Å². The summed E-state index contributed by atoms with van der Waals surface area (Å²) >= 11 is 15.0. The minimum absolute atomic E-state index is 0.169. The predicted molar refractivity (Wildman–Crippen MR) is 84.2 cm³/mol. The van der Waals surface area contributed by atoms with Crippen molar-refractivity contribution in [1.29, 1.82) is 0 Å². The Labute approximate surface area is 133 Å². The molecule has 0 fully saturated rings. The molecule has 2 rings (SSSR count). The van der Waals surface area contributed by atoms with Crippen molar-refractivity contribution in [3.63, 3.8) is 0 Å². The lowest BCUT2D eigenvalue weighted by molar-refractivity contribution is 0.102. The molecule has 1 aromatic heterocycles. The van der Waals surface area contributed by atoms with Crippen LogP contribution in [0.5, 0.6) is 0 Å². The average molecular weight is 376 g/mol. The number of nitrogens with two attached hydrogens (primary N) is 1. The summed E-state index contributed by atoms with van der Waals surface area (Å²) in [6.07, 6.45) is 0. The number of halogens is 3. The Bertz CT molecular complexity index is 666. The summed E-state index contributed by atoms with van der Waals surface area (Å²) in [6.45, 7) is 0. The summed E-state index contributed by atoms with van der Waals surface area (Å²) in [5.74, 6) is 5.23. The van der Waals surface area contributed by atoms with E-state index < -0.39 is 0 Å². The maximum atomic E-state index is 12.1. The predicted octanol–water partition coefficient (Wildman–Crippen LogP) is 3.69. The Morgan fingerprint density at radius 1 is 1.25 bits per heavy atom. The van der Waals surface area contributed by atoms with Crippen LogP contribution in [0.1, 0.15) is 10.4 Å². The fraction of sp³-hybridized carbons (Fsp3) is 0. The van der Waals surface area contributed by atoms with Crippen LogP contribution in [0.4, 0.5) is 11.5 Å². The van der Waals surface area contributed by atoms with Crippen LogP contribution < -0.4 is 16.6 Å². The molecule has 0 bridgehead atoms. The number of nitrogens with zero attached hydrogens (tertiary/aromatic N) is 1. The number of aromatic nitrogens is 1. The van der Waals surface area contributed by atoms with Gasteiger partial charge < -0.3 is 10.7 Å². The maximum absolute atomic E-state index is 12.1. The van der Waals surface area contributed by atoms with Gasteiger partial charge in [0.2, 0.25) is 0 Å². The number of rotatable bonds is 3. The molecule has 0 unspecified atom stereocenters. The van der Waals surface area contributed by atoms with E-state index in [2.05, 4.69) is 31.7 Å². The fourth-order valence-corrected chi connectivity index (χ4v) is 2.18. The molecule has 0 aliphatic heterocycles. The average Bonchev–Trinajstić information content (AvgIpc) is 2.42. The lowest BCUT2D eigenvalue weighted by Gasteiger charge is -2.08. The van der Waals surface area contributed by atoms with Gasteiger partial charge in [-0.1, -0.05) is 23.2 Å². The molecule has 104 valence electrons. The Morgan fingerprint density at radius 3 is 2.65 bits per heavy atom. The van der Waals surface area contributed by atoms with Crippen LogP contribution in [0.15, 0.2) is 34.8 Å². The van der Waals surface area contributed by atoms with Crippen LogP contribution >= 0.6 is 39.1 Å². The molecule has 5 nitrogen and oxygen atoms in total. The molecule has 0 saturated heterocycles. The van der Waals surface area contributed by atoms with Crippen molar-refractivity contribution < 1.29 is 4.79 Å². The molecular formula is C12H9BrCl2N4O. The largest absolute Gasteiger partial charge is 0.322 e. The van der Waals surface area contributed by atoms with Gasteiger partial charge in [-0.2, -0.15) is 0 Å². The molecule has 4 N–H and O–H groups in total. The van der Waals surface area contributed by atoms with E-state index in [1.165, 1.54) is 12.1 Å². The van der Waals surface area contributed by atoms with Crippen LogP contribution in [0, 0.1) is 0 Å². The summed E-state index contributed by atoms with van der Waals surface area (Å²) in [5, 5.41) is 3.45. The van der Waals surface area contributed by atoms with Gasteiger partial charge in [0.1, 0.15) is 11.0 Å². The van der Waals surface area contributed by atoms with Crippen molar-refractivity contribution in [2.75, 3.05) is 10.7 Å². The maximum Gasteiger partial charge on any atom is 0.255 e. The van der Waals surface area contributed by atoms with E-state index in [1.54, 1.807) is 18.2 Å². The van der Waals surface area contributed by atoms with Gasteiger partial charge in [-0.05, 0) is 46.3 Å². The fourth-order valence-electron chi connectivity index (χ4n) is 1.48. The van der Waals surface area contributed by atoms with E-state index >= 15 is 0 Å². The second-order valence-corrected chi connectivity index (χ2v) is 5.44. The third-order valence-electron chi connectivity index (χ3n) is 2.38. The van der Waals surface area contributed by atoms with E-state index in [4.69, 9.17) is 29.0 Å². The Morgan fingerprint density at radius 2 is 2.00 bits per heavy atom. The number of carbonyl (C=O) groups is 1. The van der Waals surface area contributed by atoms with Gasteiger partial charge in [-0.15, -0.1) is 0 Å². The molecule has 8 heteroatoms. The Kier molecular flexibility index (Phi) is 4.82. The third kappa shape index (κ3) is 3.61. The number of anilines is 2. The first-order valence-corrected chi connectivity index (χ1v) is 6.95. The van der Waals surface area contributed by atoms with Gasteiger partial charge in [0.05, 0.1) is 5.02 Å². The van der Waals surface area contributed by atoms with E-state index in [0.29, 0.717) is 26.6 Å². The van der Waals surface area contributed by atoms with E-state index in [-0.39, 0.29) is 11.1 Å². The molecular weight excluding hydrogens is 367 g/mol. The van der Waals surface area contributed by atoms with E-state index in [1.807, 2.05) is 0 Å². The molecule has 0 aliphatic rings. The van der Waals surface area contributed by atoms with Crippen molar-refractivity contribution in [1.82, 2.24) is 4.98 Å². The number of pyridine rings is 1. The standard InChI is InChI=1S/C12H9BrCl2N4O/c13-8-5-7(1-2-9(8)14)17-12(20)6-3-10(15)18-11(4-6)19-16/h1-5H,16H2,(H,17,20)(H,18,19). The lowest BCUT2D eigenvalue weighted by Crippen LogP contribution is -2.14. The minimum Gasteiger partial charge on any atom is -0.322 e. The lowest BCUT2D eigenvalue weighted by atomic mass is 10.2. The molecule has 0 atom stereocenters. The second kappa shape index (κ2) is 6.41. The molecule has 0 spiro atoms. The molecule has 1 heterocycles. The smallest absolute Gasteiger partial charge is 0.255 e. The van der Waals surface area contributed by atoms with Crippen molar-refractivity contribution >= 4 is 56.5 Å². The summed E-state index contributed by atoms with van der Waals surface area (Å²) in [6, 6.07) is 8.00. The van der Waals surface area contributed by atoms with Crippen LogP contribution in [0.3, 0.4) is 0 Å². The highest BCUT2D eigenvalue weighted by Crippen LogP contribution is 2.26. The zero-order valence-electron chi connectivity index (χ0n) is 9.95. The van der Waals surface area contributed by atoms with Gasteiger partial charge in [-0.3, -0.25) is 4.79 Å². The van der Waals surface area contributed by atoms with Gasteiger partial charge >= 0.3 is 0 Å². The number of nitrogen functional groups attached to an aromatic ring is 1. The molecule has 2 aromatic rings.